The van der Waals surface area contributed by atoms with Crippen molar-refractivity contribution in [1.82, 2.24) is 5.32 Å². The minimum atomic E-state index is -0.159. The van der Waals surface area contributed by atoms with Crippen molar-refractivity contribution >= 4 is 0 Å². The van der Waals surface area contributed by atoms with Gasteiger partial charge in [0.15, 0.2) is 0 Å². The Labute approximate surface area is 98.0 Å². The minimum absolute atomic E-state index is 0.159. The van der Waals surface area contributed by atoms with Gasteiger partial charge in [0, 0.05) is 13.1 Å². The van der Waals surface area contributed by atoms with E-state index in [-0.39, 0.29) is 5.60 Å². The summed E-state index contributed by atoms with van der Waals surface area (Å²) in [6, 6.07) is 8.82. The fourth-order valence-corrected chi connectivity index (χ4v) is 2.13. The van der Waals surface area contributed by atoms with Crippen LogP contribution in [0.25, 0.3) is 0 Å². The van der Waals surface area contributed by atoms with Crippen LogP contribution in [0.4, 0.5) is 0 Å². The zero-order valence-electron chi connectivity index (χ0n) is 10.4. The zero-order valence-corrected chi connectivity index (χ0v) is 10.4. The van der Waals surface area contributed by atoms with Crippen molar-refractivity contribution in [3.05, 3.63) is 35.4 Å². The maximum Gasteiger partial charge on any atom is 0.103 e. The van der Waals surface area contributed by atoms with Gasteiger partial charge < -0.3 is 10.1 Å². The molecule has 1 heterocycles. The summed E-state index contributed by atoms with van der Waals surface area (Å²) in [6.45, 7) is 9.24. The third kappa shape index (κ3) is 2.28. The van der Waals surface area contributed by atoms with Crippen LogP contribution in [0.1, 0.15) is 37.8 Å². The van der Waals surface area contributed by atoms with Crippen molar-refractivity contribution in [1.29, 1.82) is 0 Å². The van der Waals surface area contributed by atoms with Crippen LogP contribution < -0.4 is 5.32 Å². The number of ether oxygens (including phenoxy) is 1. The van der Waals surface area contributed by atoms with E-state index >= 15 is 0 Å². The van der Waals surface area contributed by atoms with Crippen LogP contribution in [-0.4, -0.2) is 19.7 Å². The summed E-state index contributed by atoms with van der Waals surface area (Å²) in [4.78, 5) is 0. The highest BCUT2D eigenvalue weighted by atomic mass is 16.5. The molecule has 1 aliphatic heterocycles. The second-order valence-corrected chi connectivity index (χ2v) is 5.03. The van der Waals surface area contributed by atoms with Gasteiger partial charge in [-0.1, -0.05) is 38.1 Å². The number of benzene rings is 1. The molecule has 1 aliphatic rings. The second-order valence-electron chi connectivity index (χ2n) is 5.03. The molecule has 16 heavy (non-hydrogen) atoms. The monoisotopic (exact) mass is 219 g/mol. The smallest absolute Gasteiger partial charge is 0.103 e. The molecule has 1 aromatic rings. The predicted molar refractivity (Wildman–Crippen MR) is 66.7 cm³/mol. The van der Waals surface area contributed by atoms with Crippen LogP contribution in [0, 0.1) is 0 Å². The molecule has 2 rings (SSSR count). The Hall–Kier alpha value is -0.860. The molecule has 0 radical (unpaired) electrons. The summed E-state index contributed by atoms with van der Waals surface area (Å²) in [5.74, 6) is 0.590. The van der Waals surface area contributed by atoms with Gasteiger partial charge in [-0.25, -0.2) is 0 Å². The van der Waals surface area contributed by atoms with Gasteiger partial charge in [0.1, 0.15) is 5.60 Å². The predicted octanol–water partition coefficient (Wildman–Crippen LogP) is 2.65. The largest absolute Gasteiger partial charge is 0.368 e. The topological polar surface area (TPSA) is 21.3 Å². The first-order chi connectivity index (χ1) is 7.62. The standard InChI is InChI=1S/C14H21NO/c1-11(2)12-4-6-13(7-5-12)14(3)10-15-8-9-16-14/h4-7,11,15H,8-10H2,1-3H3. The molecule has 0 saturated carbocycles. The number of morpholine rings is 1. The van der Waals surface area contributed by atoms with Gasteiger partial charge in [0.05, 0.1) is 6.61 Å². The molecule has 1 fully saturated rings. The maximum absolute atomic E-state index is 5.89. The Bertz CT molecular complexity index is 336. The summed E-state index contributed by atoms with van der Waals surface area (Å²) in [5, 5.41) is 3.39. The fraction of sp³-hybridized carbons (Fsp3) is 0.571. The molecule has 0 aliphatic carbocycles. The third-order valence-corrected chi connectivity index (χ3v) is 3.35. The molecule has 1 atom stereocenters. The number of hydrogen-bond donors (Lipinski definition) is 1. The number of hydrogen-bond acceptors (Lipinski definition) is 2. The molecule has 88 valence electrons. The van der Waals surface area contributed by atoms with E-state index in [9.17, 15) is 0 Å². The lowest BCUT2D eigenvalue weighted by molar-refractivity contribution is -0.0572. The minimum Gasteiger partial charge on any atom is -0.368 e. The van der Waals surface area contributed by atoms with Crippen LogP contribution in [0.3, 0.4) is 0 Å². The van der Waals surface area contributed by atoms with E-state index < -0.39 is 0 Å². The highest BCUT2D eigenvalue weighted by molar-refractivity contribution is 5.29. The van der Waals surface area contributed by atoms with Crippen LogP contribution in [0.2, 0.25) is 0 Å². The van der Waals surface area contributed by atoms with E-state index in [1.54, 1.807) is 0 Å². The van der Waals surface area contributed by atoms with E-state index in [0.717, 1.165) is 19.7 Å². The van der Waals surface area contributed by atoms with Gasteiger partial charge in [0.2, 0.25) is 0 Å². The SMILES string of the molecule is CC(C)c1ccc(C2(C)CNCCO2)cc1. The van der Waals surface area contributed by atoms with E-state index in [4.69, 9.17) is 4.74 Å². The summed E-state index contributed by atoms with van der Waals surface area (Å²) < 4.78 is 5.89. The van der Waals surface area contributed by atoms with Crippen molar-refractivity contribution in [3.8, 4) is 0 Å². The average Bonchev–Trinajstić information content (AvgIpc) is 2.30. The summed E-state index contributed by atoms with van der Waals surface area (Å²) in [5.41, 5.74) is 2.49. The Balaban J connectivity index is 2.20. The highest BCUT2D eigenvalue weighted by Crippen LogP contribution is 2.27. The zero-order chi connectivity index (χ0) is 11.6. The molecular weight excluding hydrogens is 198 g/mol. The van der Waals surface area contributed by atoms with Crippen molar-refractivity contribution in [2.75, 3.05) is 19.7 Å². The normalized spacial score (nSPS) is 26.0. The van der Waals surface area contributed by atoms with Crippen LogP contribution in [-0.2, 0) is 10.3 Å². The molecule has 0 spiro atoms. The summed E-state index contributed by atoms with van der Waals surface area (Å²) >= 11 is 0. The molecule has 1 saturated heterocycles. The lowest BCUT2D eigenvalue weighted by Crippen LogP contribution is -2.45. The highest BCUT2D eigenvalue weighted by Gasteiger charge is 2.29. The van der Waals surface area contributed by atoms with Gasteiger partial charge in [-0.05, 0) is 24.0 Å². The molecule has 0 amide bonds. The Morgan fingerprint density at radius 3 is 2.44 bits per heavy atom. The fourth-order valence-electron chi connectivity index (χ4n) is 2.13. The molecule has 1 aromatic carbocycles. The van der Waals surface area contributed by atoms with E-state index in [2.05, 4.69) is 50.4 Å². The van der Waals surface area contributed by atoms with Crippen LogP contribution in [0.15, 0.2) is 24.3 Å². The lowest BCUT2D eigenvalue weighted by Gasteiger charge is -2.35. The molecule has 0 aromatic heterocycles. The van der Waals surface area contributed by atoms with Gasteiger partial charge in [-0.2, -0.15) is 0 Å². The maximum atomic E-state index is 5.89. The molecular formula is C14H21NO. The number of nitrogens with one attached hydrogen (secondary N) is 1. The molecule has 0 bridgehead atoms. The molecule has 1 N–H and O–H groups in total. The first kappa shape index (κ1) is 11.6. The molecule has 1 unspecified atom stereocenters. The van der Waals surface area contributed by atoms with Crippen molar-refractivity contribution in [3.63, 3.8) is 0 Å². The first-order valence-corrected chi connectivity index (χ1v) is 6.07. The number of rotatable bonds is 2. The summed E-state index contributed by atoms with van der Waals surface area (Å²) in [6.07, 6.45) is 0. The van der Waals surface area contributed by atoms with Gasteiger partial charge in [0.25, 0.3) is 0 Å². The van der Waals surface area contributed by atoms with Crippen LogP contribution in [0.5, 0.6) is 0 Å². The third-order valence-electron chi connectivity index (χ3n) is 3.35. The second kappa shape index (κ2) is 4.56. The lowest BCUT2D eigenvalue weighted by atomic mass is 9.92. The average molecular weight is 219 g/mol. The Kier molecular flexibility index (Phi) is 3.31. The quantitative estimate of drug-likeness (QED) is 0.825. The van der Waals surface area contributed by atoms with Crippen molar-refractivity contribution in [2.24, 2.45) is 0 Å². The Morgan fingerprint density at radius 2 is 1.94 bits per heavy atom. The van der Waals surface area contributed by atoms with Gasteiger partial charge >= 0.3 is 0 Å². The molecule has 2 nitrogen and oxygen atoms in total. The van der Waals surface area contributed by atoms with Gasteiger partial charge in [-0.15, -0.1) is 0 Å². The first-order valence-electron chi connectivity index (χ1n) is 6.07. The van der Waals surface area contributed by atoms with E-state index in [0.29, 0.717) is 5.92 Å². The molecule has 2 heteroatoms. The Morgan fingerprint density at radius 1 is 1.25 bits per heavy atom. The van der Waals surface area contributed by atoms with E-state index in [1.807, 2.05) is 0 Å². The van der Waals surface area contributed by atoms with Crippen LogP contribution >= 0.6 is 0 Å². The van der Waals surface area contributed by atoms with Crippen molar-refractivity contribution < 1.29 is 4.74 Å². The van der Waals surface area contributed by atoms with Gasteiger partial charge in [-0.3, -0.25) is 0 Å². The summed E-state index contributed by atoms with van der Waals surface area (Å²) in [7, 11) is 0. The van der Waals surface area contributed by atoms with E-state index in [1.165, 1.54) is 11.1 Å². The van der Waals surface area contributed by atoms with Crippen molar-refractivity contribution in [2.45, 2.75) is 32.3 Å².